The van der Waals surface area contributed by atoms with Gasteiger partial charge in [-0.05, 0) is 19.1 Å². The first-order chi connectivity index (χ1) is 8.52. The zero-order chi connectivity index (χ0) is 13.3. The SMILES string of the molecule is CC1OC(S(=O)c2ccccc2)C(C)C(O)C1O. The van der Waals surface area contributed by atoms with Crippen LogP contribution in [0.2, 0.25) is 0 Å². The molecule has 0 saturated carbocycles. The number of benzene rings is 1. The van der Waals surface area contributed by atoms with Crippen LogP contribution < -0.4 is 0 Å². The predicted molar refractivity (Wildman–Crippen MR) is 68.4 cm³/mol. The molecule has 0 spiro atoms. The van der Waals surface area contributed by atoms with Gasteiger partial charge in [0.1, 0.15) is 11.5 Å². The van der Waals surface area contributed by atoms with E-state index in [2.05, 4.69) is 0 Å². The van der Waals surface area contributed by atoms with Crippen LogP contribution in [0.1, 0.15) is 13.8 Å². The Bertz CT molecular complexity index is 422. The second-order valence-electron chi connectivity index (χ2n) is 4.66. The second kappa shape index (κ2) is 5.48. The minimum Gasteiger partial charge on any atom is -0.390 e. The van der Waals surface area contributed by atoms with Gasteiger partial charge in [0.25, 0.3) is 0 Å². The molecule has 0 amide bonds. The molecular weight excluding hydrogens is 252 g/mol. The molecule has 2 rings (SSSR count). The van der Waals surface area contributed by atoms with Crippen LogP contribution in [0.15, 0.2) is 35.2 Å². The fourth-order valence-corrected chi connectivity index (χ4v) is 3.62. The van der Waals surface area contributed by atoms with Gasteiger partial charge in [-0.1, -0.05) is 25.1 Å². The lowest BCUT2D eigenvalue weighted by molar-refractivity contribution is -0.165. The van der Waals surface area contributed by atoms with Gasteiger partial charge in [0.15, 0.2) is 0 Å². The van der Waals surface area contributed by atoms with Gasteiger partial charge < -0.3 is 14.9 Å². The van der Waals surface area contributed by atoms with Crippen LogP contribution in [0.3, 0.4) is 0 Å². The van der Waals surface area contributed by atoms with Crippen LogP contribution in [-0.4, -0.2) is 38.2 Å². The smallest absolute Gasteiger partial charge is 0.142 e. The summed E-state index contributed by atoms with van der Waals surface area (Å²) in [5, 5.41) is 19.6. The Kier molecular flexibility index (Phi) is 4.17. The van der Waals surface area contributed by atoms with Crippen molar-refractivity contribution in [1.29, 1.82) is 0 Å². The van der Waals surface area contributed by atoms with Crippen LogP contribution in [0, 0.1) is 5.92 Å². The molecular formula is C13H18O4S. The summed E-state index contributed by atoms with van der Waals surface area (Å²) >= 11 is 0. The topological polar surface area (TPSA) is 66.8 Å². The highest BCUT2D eigenvalue weighted by Crippen LogP contribution is 2.30. The zero-order valence-corrected chi connectivity index (χ0v) is 11.2. The molecule has 0 bridgehead atoms. The largest absolute Gasteiger partial charge is 0.390 e. The van der Waals surface area contributed by atoms with E-state index >= 15 is 0 Å². The summed E-state index contributed by atoms with van der Waals surface area (Å²) in [4.78, 5) is 0.671. The van der Waals surface area contributed by atoms with Crippen LogP contribution in [0.25, 0.3) is 0 Å². The summed E-state index contributed by atoms with van der Waals surface area (Å²) in [5.41, 5.74) is -0.596. The number of hydrogen-bond acceptors (Lipinski definition) is 4. The average Bonchev–Trinajstić information content (AvgIpc) is 2.41. The molecule has 2 N–H and O–H groups in total. The summed E-state index contributed by atoms with van der Waals surface area (Å²) in [6, 6.07) is 9.03. The van der Waals surface area contributed by atoms with E-state index < -0.39 is 34.5 Å². The number of ether oxygens (including phenoxy) is 1. The number of hydrogen-bond donors (Lipinski definition) is 2. The van der Waals surface area contributed by atoms with E-state index in [1.54, 1.807) is 26.0 Å². The quantitative estimate of drug-likeness (QED) is 0.838. The minimum absolute atomic E-state index is 0.378. The molecule has 0 aliphatic carbocycles. The highest BCUT2D eigenvalue weighted by Gasteiger charge is 2.42. The molecule has 0 aromatic heterocycles. The molecule has 1 saturated heterocycles. The van der Waals surface area contributed by atoms with Gasteiger partial charge in [-0.3, -0.25) is 4.21 Å². The third-order valence-corrected chi connectivity index (χ3v) is 5.03. The van der Waals surface area contributed by atoms with Crippen LogP contribution >= 0.6 is 0 Å². The van der Waals surface area contributed by atoms with E-state index in [4.69, 9.17) is 4.74 Å². The predicted octanol–water partition coefficient (Wildman–Crippen LogP) is 0.897. The normalized spacial score (nSPS) is 38.3. The monoisotopic (exact) mass is 270 g/mol. The lowest BCUT2D eigenvalue weighted by Gasteiger charge is -2.39. The van der Waals surface area contributed by atoms with Crippen molar-refractivity contribution >= 4 is 10.8 Å². The van der Waals surface area contributed by atoms with Gasteiger partial charge in [-0.2, -0.15) is 0 Å². The van der Waals surface area contributed by atoms with E-state index in [1.807, 2.05) is 18.2 Å². The molecule has 6 unspecified atom stereocenters. The van der Waals surface area contributed by atoms with Gasteiger partial charge in [-0.25, -0.2) is 0 Å². The Morgan fingerprint density at radius 1 is 1.11 bits per heavy atom. The molecule has 5 heteroatoms. The molecule has 100 valence electrons. The second-order valence-corrected chi connectivity index (χ2v) is 6.19. The Hall–Kier alpha value is -0.750. The number of rotatable bonds is 2. The third-order valence-electron chi connectivity index (χ3n) is 3.33. The molecule has 18 heavy (non-hydrogen) atoms. The number of aliphatic hydroxyl groups excluding tert-OH is 2. The molecule has 4 nitrogen and oxygen atoms in total. The molecule has 1 fully saturated rings. The molecule has 1 aliphatic rings. The highest BCUT2D eigenvalue weighted by atomic mass is 32.2. The Labute approximate surface area is 109 Å². The first-order valence-corrected chi connectivity index (χ1v) is 7.21. The third kappa shape index (κ3) is 2.49. The first kappa shape index (κ1) is 13.7. The van der Waals surface area contributed by atoms with Crippen LogP contribution in [0.4, 0.5) is 0 Å². The van der Waals surface area contributed by atoms with Crippen molar-refractivity contribution in [2.75, 3.05) is 0 Å². The zero-order valence-electron chi connectivity index (χ0n) is 10.4. The van der Waals surface area contributed by atoms with Gasteiger partial charge in [0.05, 0.1) is 23.0 Å². The van der Waals surface area contributed by atoms with E-state index in [9.17, 15) is 14.4 Å². The fraction of sp³-hybridized carbons (Fsp3) is 0.538. The minimum atomic E-state index is -1.35. The Balaban J connectivity index is 2.20. The Morgan fingerprint density at radius 2 is 1.72 bits per heavy atom. The van der Waals surface area contributed by atoms with Gasteiger partial charge >= 0.3 is 0 Å². The molecule has 1 heterocycles. The van der Waals surface area contributed by atoms with E-state index in [1.165, 1.54) is 0 Å². The maximum atomic E-state index is 12.4. The standard InChI is InChI=1S/C13H18O4S/c1-8-11(14)12(15)9(2)17-13(8)18(16)10-6-4-3-5-7-10/h3-9,11-15H,1-2H3. The summed E-state index contributed by atoms with van der Waals surface area (Å²) in [7, 11) is -1.35. The average molecular weight is 270 g/mol. The fourth-order valence-electron chi connectivity index (χ4n) is 2.10. The van der Waals surface area contributed by atoms with E-state index in [-0.39, 0.29) is 5.92 Å². The summed E-state index contributed by atoms with van der Waals surface area (Å²) < 4.78 is 18.0. The maximum Gasteiger partial charge on any atom is 0.142 e. The highest BCUT2D eigenvalue weighted by molar-refractivity contribution is 7.85. The van der Waals surface area contributed by atoms with Gasteiger partial charge in [0.2, 0.25) is 0 Å². The van der Waals surface area contributed by atoms with Crippen molar-refractivity contribution in [3.05, 3.63) is 30.3 Å². The lowest BCUT2D eigenvalue weighted by Crippen LogP contribution is -2.53. The van der Waals surface area contributed by atoms with Crippen molar-refractivity contribution < 1.29 is 19.2 Å². The molecule has 1 aliphatic heterocycles. The van der Waals surface area contributed by atoms with Gasteiger partial charge in [0, 0.05) is 10.8 Å². The van der Waals surface area contributed by atoms with Crippen LogP contribution in [-0.2, 0) is 15.5 Å². The van der Waals surface area contributed by atoms with E-state index in [0.717, 1.165) is 0 Å². The van der Waals surface area contributed by atoms with Crippen LogP contribution in [0.5, 0.6) is 0 Å². The summed E-state index contributed by atoms with van der Waals surface area (Å²) in [5.74, 6) is -0.378. The van der Waals surface area contributed by atoms with E-state index in [0.29, 0.717) is 4.90 Å². The van der Waals surface area contributed by atoms with Crippen molar-refractivity contribution in [3.63, 3.8) is 0 Å². The van der Waals surface area contributed by atoms with Crippen molar-refractivity contribution in [1.82, 2.24) is 0 Å². The number of aliphatic hydroxyl groups is 2. The molecule has 6 atom stereocenters. The molecule has 1 aromatic rings. The molecule has 1 aromatic carbocycles. The van der Waals surface area contributed by atoms with Crippen molar-refractivity contribution in [2.45, 2.75) is 42.5 Å². The van der Waals surface area contributed by atoms with Crippen molar-refractivity contribution in [2.24, 2.45) is 5.92 Å². The van der Waals surface area contributed by atoms with Crippen molar-refractivity contribution in [3.8, 4) is 0 Å². The maximum absolute atomic E-state index is 12.4. The first-order valence-electron chi connectivity index (χ1n) is 5.99. The Morgan fingerprint density at radius 3 is 2.33 bits per heavy atom. The summed E-state index contributed by atoms with van der Waals surface area (Å²) in [6.07, 6.45) is -2.36. The summed E-state index contributed by atoms with van der Waals surface area (Å²) in [6.45, 7) is 3.42. The lowest BCUT2D eigenvalue weighted by atomic mass is 9.94. The van der Waals surface area contributed by atoms with Gasteiger partial charge in [-0.15, -0.1) is 0 Å². The molecule has 0 radical (unpaired) electrons.